The largest absolute Gasteiger partial charge is 0.444 e. The molecular formula is C18H36N2O2. The number of carbonyl (C=O) groups excluding carboxylic acids is 1. The summed E-state index contributed by atoms with van der Waals surface area (Å²) in [5, 5.41) is 3.65. The predicted octanol–water partition coefficient (Wildman–Crippen LogP) is 4.05. The highest BCUT2D eigenvalue weighted by Crippen LogP contribution is 2.28. The Hall–Kier alpha value is -0.770. The third-order valence-electron chi connectivity index (χ3n) is 4.36. The van der Waals surface area contributed by atoms with Gasteiger partial charge in [-0.2, -0.15) is 0 Å². The second-order valence-electron chi connectivity index (χ2n) is 7.92. The Morgan fingerprint density at radius 2 is 1.91 bits per heavy atom. The molecule has 0 aromatic rings. The van der Waals surface area contributed by atoms with E-state index in [9.17, 15) is 4.79 Å². The maximum Gasteiger partial charge on any atom is 0.410 e. The second kappa shape index (κ2) is 8.76. The summed E-state index contributed by atoms with van der Waals surface area (Å²) in [4.78, 5) is 14.0. The number of nitrogens with zero attached hydrogens (tertiary/aromatic N) is 1. The molecule has 1 aliphatic rings. The number of rotatable bonds is 6. The summed E-state index contributed by atoms with van der Waals surface area (Å²) in [7, 11) is 0. The van der Waals surface area contributed by atoms with Gasteiger partial charge in [-0.05, 0) is 58.3 Å². The number of hydrogen-bond acceptors (Lipinski definition) is 3. The Kier molecular flexibility index (Phi) is 7.67. The van der Waals surface area contributed by atoms with E-state index in [1.54, 1.807) is 0 Å². The van der Waals surface area contributed by atoms with E-state index in [2.05, 4.69) is 26.1 Å². The van der Waals surface area contributed by atoms with Crippen LogP contribution in [-0.2, 0) is 4.74 Å². The summed E-state index contributed by atoms with van der Waals surface area (Å²) in [6.07, 6.45) is 4.63. The van der Waals surface area contributed by atoms with Crippen molar-refractivity contribution in [3.05, 3.63) is 0 Å². The first-order chi connectivity index (χ1) is 10.2. The van der Waals surface area contributed by atoms with Crippen molar-refractivity contribution < 1.29 is 9.53 Å². The number of ether oxygens (including phenoxy) is 1. The van der Waals surface area contributed by atoms with Crippen molar-refractivity contribution in [2.24, 2.45) is 11.8 Å². The van der Waals surface area contributed by atoms with Crippen LogP contribution >= 0.6 is 0 Å². The van der Waals surface area contributed by atoms with Crippen LogP contribution < -0.4 is 5.32 Å². The Bertz CT molecular complexity index is 338. The molecule has 0 aliphatic heterocycles. The van der Waals surface area contributed by atoms with Crippen LogP contribution in [0.25, 0.3) is 0 Å². The minimum atomic E-state index is -0.426. The SMILES string of the molecule is CCCN(CCNC1CCC(C)CC1C)C(=O)OC(C)(C)C. The second-order valence-corrected chi connectivity index (χ2v) is 7.92. The topological polar surface area (TPSA) is 41.6 Å². The third kappa shape index (κ3) is 6.99. The number of nitrogens with one attached hydrogen (secondary N) is 1. The van der Waals surface area contributed by atoms with Gasteiger partial charge in [0.15, 0.2) is 0 Å². The molecule has 3 unspecified atom stereocenters. The van der Waals surface area contributed by atoms with Gasteiger partial charge in [0.2, 0.25) is 0 Å². The molecule has 1 amide bonds. The molecule has 0 bridgehead atoms. The van der Waals surface area contributed by atoms with E-state index < -0.39 is 5.60 Å². The van der Waals surface area contributed by atoms with Crippen molar-refractivity contribution in [3.8, 4) is 0 Å². The first-order valence-electron chi connectivity index (χ1n) is 8.94. The van der Waals surface area contributed by atoms with Crippen LogP contribution in [0.1, 0.15) is 67.2 Å². The molecule has 22 heavy (non-hydrogen) atoms. The molecule has 0 aromatic heterocycles. The molecule has 0 aromatic carbocycles. The molecule has 1 aliphatic carbocycles. The first-order valence-corrected chi connectivity index (χ1v) is 8.94. The highest BCUT2D eigenvalue weighted by molar-refractivity contribution is 5.68. The minimum absolute atomic E-state index is 0.193. The number of hydrogen-bond donors (Lipinski definition) is 1. The van der Waals surface area contributed by atoms with E-state index in [1.807, 2.05) is 25.7 Å². The van der Waals surface area contributed by atoms with Crippen LogP contribution in [0.2, 0.25) is 0 Å². The van der Waals surface area contributed by atoms with E-state index >= 15 is 0 Å². The molecule has 1 fully saturated rings. The van der Waals surface area contributed by atoms with Crippen LogP contribution in [0.4, 0.5) is 4.79 Å². The van der Waals surface area contributed by atoms with Gasteiger partial charge in [-0.3, -0.25) is 0 Å². The molecule has 0 saturated heterocycles. The van der Waals surface area contributed by atoms with Crippen LogP contribution in [0.5, 0.6) is 0 Å². The van der Waals surface area contributed by atoms with E-state index in [1.165, 1.54) is 19.3 Å². The summed E-state index contributed by atoms with van der Waals surface area (Å²) >= 11 is 0. The molecule has 4 heteroatoms. The van der Waals surface area contributed by atoms with Crippen molar-refractivity contribution >= 4 is 6.09 Å². The van der Waals surface area contributed by atoms with E-state index in [0.29, 0.717) is 6.04 Å². The lowest BCUT2D eigenvalue weighted by molar-refractivity contribution is 0.0248. The fourth-order valence-corrected chi connectivity index (χ4v) is 3.24. The minimum Gasteiger partial charge on any atom is -0.444 e. The summed E-state index contributed by atoms with van der Waals surface area (Å²) in [6, 6.07) is 0.596. The molecule has 0 radical (unpaired) electrons. The van der Waals surface area contributed by atoms with Crippen LogP contribution in [-0.4, -0.2) is 42.3 Å². The normalized spacial score (nSPS) is 25.8. The van der Waals surface area contributed by atoms with Gasteiger partial charge in [-0.1, -0.05) is 20.8 Å². The predicted molar refractivity (Wildman–Crippen MR) is 92.1 cm³/mol. The summed E-state index contributed by atoms with van der Waals surface area (Å²) in [6.45, 7) is 14.9. The van der Waals surface area contributed by atoms with Gasteiger partial charge in [0, 0.05) is 25.7 Å². The fourth-order valence-electron chi connectivity index (χ4n) is 3.24. The smallest absolute Gasteiger partial charge is 0.410 e. The van der Waals surface area contributed by atoms with Gasteiger partial charge in [0.25, 0.3) is 0 Å². The van der Waals surface area contributed by atoms with E-state index in [0.717, 1.165) is 37.9 Å². The maximum absolute atomic E-state index is 12.2. The van der Waals surface area contributed by atoms with Crippen LogP contribution in [0.3, 0.4) is 0 Å². The summed E-state index contributed by atoms with van der Waals surface area (Å²) in [5.74, 6) is 1.58. The third-order valence-corrected chi connectivity index (χ3v) is 4.36. The Labute approximate surface area is 137 Å². The molecule has 0 heterocycles. The molecule has 4 nitrogen and oxygen atoms in total. The average Bonchev–Trinajstić information content (AvgIpc) is 2.38. The zero-order valence-corrected chi connectivity index (χ0v) is 15.4. The lowest BCUT2D eigenvalue weighted by Crippen LogP contribution is -2.45. The van der Waals surface area contributed by atoms with Gasteiger partial charge >= 0.3 is 6.09 Å². The van der Waals surface area contributed by atoms with Gasteiger partial charge in [0.05, 0.1) is 0 Å². The molecule has 130 valence electrons. The molecule has 3 atom stereocenters. The summed E-state index contributed by atoms with van der Waals surface area (Å²) in [5.41, 5.74) is -0.426. The fraction of sp³-hybridized carbons (Fsp3) is 0.944. The molecular weight excluding hydrogens is 276 g/mol. The zero-order chi connectivity index (χ0) is 16.8. The monoisotopic (exact) mass is 312 g/mol. The highest BCUT2D eigenvalue weighted by atomic mass is 16.6. The average molecular weight is 312 g/mol. The van der Waals surface area contributed by atoms with Crippen molar-refractivity contribution in [1.82, 2.24) is 10.2 Å². The van der Waals surface area contributed by atoms with Gasteiger partial charge in [-0.15, -0.1) is 0 Å². The lowest BCUT2D eigenvalue weighted by atomic mass is 9.80. The van der Waals surface area contributed by atoms with Gasteiger partial charge in [0.1, 0.15) is 5.60 Å². The van der Waals surface area contributed by atoms with Crippen molar-refractivity contribution in [2.45, 2.75) is 78.9 Å². The van der Waals surface area contributed by atoms with E-state index in [-0.39, 0.29) is 6.09 Å². The number of carbonyl (C=O) groups is 1. The number of amides is 1. The molecule has 1 saturated carbocycles. The summed E-state index contributed by atoms with van der Waals surface area (Å²) < 4.78 is 5.49. The molecule has 0 spiro atoms. The van der Waals surface area contributed by atoms with Crippen molar-refractivity contribution in [2.75, 3.05) is 19.6 Å². The van der Waals surface area contributed by atoms with Crippen molar-refractivity contribution in [3.63, 3.8) is 0 Å². The lowest BCUT2D eigenvalue weighted by Gasteiger charge is -2.34. The standard InChI is InChI=1S/C18H36N2O2/c1-7-11-20(17(21)22-18(4,5)6)12-10-19-16-9-8-14(2)13-15(16)3/h14-16,19H,7-13H2,1-6H3. The Morgan fingerprint density at radius 1 is 1.23 bits per heavy atom. The molecule has 1 rings (SSSR count). The van der Waals surface area contributed by atoms with Crippen molar-refractivity contribution in [1.29, 1.82) is 0 Å². The Morgan fingerprint density at radius 3 is 2.45 bits per heavy atom. The van der Waals surface area contributed by atoms with E-state index in [4.69, 9.17) is 4.74 Å². The zero-order valence-electron chi connectivity index (χ0n) is 15.4. The van der Waals surface area contributed by atoms with Gasteiger partial charge < -0.3 is 15.0 Å². The quantitative estimate of drug-likeness (QED) is 0.804. The van der Waals surface area contributed by atoms with Crippen LogP contribution in [0, 0.1) is 11.8 Å². The van der Waals surface area contributed by atoms with Gasteiger partial charge in [-0.25, -0.2) is 4.79 Å². The Balaban J connectivity index is 2.39. The van der Waals surface area contributed by atoms with Crippen LogP contribution in [0.15, 0.2) is 0 Å². The maximum atomic E-state index is 12.2. The molecule has 1 N–H and O–H groups in total. The first kappa shape index (κ1) is 19.3. The highest BCUT2D eigenvalue weighted by Gasteiger charge is 2.25.